The van der Waals surface area contributed by atoms with Crippen LogP contribution >= 0.6 is 0 Å². The molecule has 0 spiro atoms. The summed E-state index contributed by atoms with van der Waals surface area (Å²) in [6.07, 6.45) is 0. The Morgan fingerprint density at radius 3 is 1.79 bits per heavy atom. The fourth-order valence-electron chi connectivity index (χ4n) is 3.39. The Morgan fingerprint density at radius 1 is 0.794 bits per heavy atom. The van der Waals surface area contributed by atoms with Crippen molar-refractivity contribution in [3.05, 3.63) is 42.5 Å². The highest BCUT2D eigenvalue weighted by Crippen LogP contribution is 2.34. The molecule has 2 aromatic rings. The SMILES string of the molecule is COc1ccccc1N1CCN(CC(=O)Nc2c(OC)cccc2OC)CC1.O=C(O)C(=O)O. The Balaban J connectivity index is 0.000000604. The van der Waals surface area contributed by atoms with Gasteiger partial charge in [-0.1, -0.05) is 18.2 Å². The van der Waals surface area contributed by atoms with Crippen LogP contribution in [-0.4, -0.2) is 87.0 Å². The van der Waals surface area contributed by atoms with Crippen molar-refractivity contribution in [3.63, 3.8) is 0 Å². The number of carboxylic acids is 2. The van der Waals surface area contributed by atoms with Gasteiger partial charge in [-0.25, -0.2) is 9.59 Å². The van der Waals surface area contributed by atoms with Gasteiger partial charge in [0, 0.05) is 26.2 Å². The topological polar surface area (TPSA) is 138 Å². The highest BCUT2D eigenvalue weighted by atomic mass is 16.5. The van der Waals surface area contributed by atoms with Gasteiger partial charge < -0.3 is 34.6 Å². The summed E-state index contributed by atoms with van der Waals surface area (Å²) in [4.78, 5) is 35.2. The number of carbonyl (C=O) groups excluding carboxylic acids is 1. The average molecular weight is 475 g/mol. The minimum Gasteiger partial charge on any atom is -0.495 e. The summed E-state index contributed by atoms with van der Waals surface area (Å²) in [6.45, 7) is 3.60. The Labute approximate surface area is 197 Å². The predicted molar refractivity (Wildman–Crippen MR) is 125 cm³/mol. The summed E-state index contributed by atoms with van der Waals surface area (Å²) in [5, 5.41) is 17.7. The lowest BCUT2D eigenvalue weighted by atomic mass is 10.2. The van der Waals surface area contributed by atoms with E-state index in [1.54, 1.807) is 33.5 Å². The number of carbonyl (C=O) groups is 3. The Hall–Kier alpha value is -3.99. The molecule has 184 valence electrons. The first kappa shape index (κ1) is 26.3. The number of hydrogen-bond donors (Lipinski definition) is 3. The largest absolute Gasteiger partial charge is 0.495 e. The number of amides is 1. The predicted octanol–water partition coefficient (Wildman–Crippen LogP) is 1.63. The summed E-state index contributed by atoms with van der Waals surface area (Å²) in [7, 11) is 4.83. The molecule has 3 rings (SSSR count). The van der Waals surface area contributed by atoms with Crippen molar-refractivity contribution in [1.29, 1.82) is 0 Å². The number of benzene rings is 2. The zero-order valence-corrected chi connectivity index (χ0v) is 19.3. The minimum absolute atomic E-state index is 0.0893. The molecule has 0 atom stereocenters. The van der Waals surface area contributed by atoms with Crippen molar-refractivity contribution in [2.75, 3.05) is 64.3 Å². The molecule has 1 aliphatic heterocycles. The van der Waals surface area contributed by atoms with Crippen molar-refractivity contribution < 1.29 is 38.8 Å². The van der Waals surface area contributed by atoms with Gasteiger partial charge in [-0.3, -0.25) is 9.69 Å². The van der Waals surface area contributed by atoms with Crippen molar-refractivity contribution in [2.24, 2.45) is 0 Å². The van der Waals surface area contributed by atoms with Crippen molar-refractivity contribution >= 4 is 29.2 Å². The van der Waals surface area contributed by atoms with Gasteiger partial charge in [-0.2, -0.15) is 0 Å². The van der Waals surface area contributed by atoms with Gasteiger partial charge >= 0.3 is 11.9 Å². The van der Waals surface area contributed by atoms with Crippen LogP contribution in [0.2, 0.25) is 0 Å². The molecule has 2 aromatic carbocycles. The van der Waals surface area contributed by atoms with Gasteiger partial charge in [0.15, 0.2) is 0 Å². The van der Waals surface area contributed by atoms with E-state index in [2.05, 4.69) is 21.2 Å². The molecule has 1 heterocycles. The third-order valence-electron chi connectivity index (χ3n) is 5.04. The molecule has 1 fully saturated rings. The van der Waals surface area contributed by atoms with Crippen LogP contribution in [0.4, 0.5) is 11.4 Å². The van der Waals surface area contributed by atoms with E-state index in [1.807, 2.05) is 24.3 Å². The molecule has 3 N–H and O–H groups in total. The molecule has 11 heteroatoms. The van der Waals surface area contributed by atoms with E-state index in [-0.39, 0.29) is 5.91 Å². The van der Waals surface area contributed by atoms with Gasteiger partial charge in [-0.15, -0.1) is 0 Å². The van der Waals surface area contributed by atoms with E-state index >= 15 is 0 Å². The van der Waals surface area contributed by atoms with E-state index in [0.717, 1.165) is 37.6 Å². The van der Waals surface area contributed by atoms with Crippen LogP contribution in [-0.2, 0) is 14.4 Å². The smallest absolute Gasteiger partial charge is 0.414 e. The molecular formula is C23H29N3O8. The normalized spacial score (nSPS) is 13.2. The number of nitrogens with zero attached hydrogens (tertiary/aromatic N) is 2. The molecule has 0 aromatic heterocycles. The lowest BCUT2D eigenvalue weighted by Crippen LogP contribution is -2.48. The summed E-state index contributed by atoms with van der Waals surface area (Å²) in [5.41, 5.74) is 1.65. The summed E-state index contributed by atoms with van der Waals surface area (Å²) < 4.78 is 16.1. The molecule has 1 amide bonds. The van der Waals surface area contributed by atoms with Crippen molar-refractivity contribution in [2.45, 2.75) is 0 Å². The van der Waals surface area contributed by atoms with Crippen LogP contribution in [0.5, 0.6) is 17.2 Å². The van der Waals surface area contributed by atoms with Crippen molar-refractivity contribution in [3.8, 4) is 17.2 Å². The maximum atomic E-state index is 12.6. The molecule has 11 nitrogen and oxygen atoms in total. The first-order chi connectivity index (χ1) is 16.3. The maximum Gasteiger partial charge on any atom is 0.414 e. The second-order valence-corrected chi connectivity index (χ2v) is 7.13. The van der Waals surface area contributed by atoms with E-state index in [1.165, 1.54) is 0 Å². The molecule has 0 bridgehead atoms. The molecule has 1 aliphatic rings. The molecule has 0 radical (unpaired) electrons. The number of aliphatic carboxylic acids is 2. The zero-order valence-electron chi connectivity index (χ0n) is 19.3. The first-order valence-corrected chi connectivity index (χ1v) is 10.4. The van der Waals surface area contributed by atoms with Gasteiger partial charge in [-0.05, 0) is 24.3 Å². The van der Waals surface area contributed by atoms with Crippen molar-refractivity contribution in [1.82, 2.24) is 4.90 Å². The van der Waals surface area contributed by atoms with Gasteiger partial charge in [0.05, 0.1) is 33.6 Å². The fraction of sp³-hybridized carbons (Fsp3) is 0.348. The number of carboxylic acid groups (broad SMARTS) is 2. The summed E-state index contributed by atoms with van der Waals surface area (Å²) >= 11 is 0. The van der Waals surface area contributed by atoms with E-state index in [0.29, 0.717) is 23.7 Å². The van der Waals surface area contributed by atoms with E-state index in [9.17, 15) is 4.79 Å². The third-order valence-corrected chi connectivity index (χ3v) is 5.04. The van der Waals surface area contributed by atoms with Crippen LogP contribution in [0.25, 0.3) is 0 Å². The molecule has 34 heavy (non-hydrogen) atoms. The number of anilines is 2. The van der Waals surface area contributed by atoms with Crippen LogP contribution in [0.15, 0.2) is 42.5 Å². The number of para-hydroxylation sites is 3. The quantitative estimate of drug-likeness (QED) is 0.507. The van der Waals surface area contributed by atoms with Crippen LogP contribution in [0, 0.1) is 0 Å². The second-order valence-electron chi connectivity index (χ2n) is 7.13. The lowest BCUT2D eigenvalue weighted by Gasteiger charge is -2.36. The highest BCUT2D eigenvalue weighted by Gasteiger charge is 2.22. The molecule has 0 unspecified atom stereocenters. The monoisotopic (exact) mass is 475 g/mol. The number of piperazine rings is 1. The van der Waals surface area contributed by atoms with E-state index < -0.39 is 11.9 Å². The molecular weight excluding hydrogens is 446 g/mol. The Kier molecular flexibility index (Phi) is 9.96. The van der Waals surface area contributed by atoms with Crippen LogP contribution < -0.4 is 24.4 Å². The van der Waals surface area contributed by atoms with Gasteiger partial charge in [0.2, 0.25) is 5.91 Å². The Morgan fingerprint density at radius 2 is 1.29 bits per heavy atom. The fourth-order valence-corrected chi connectivity index (χ4v) is 3.39. The van der Waals surface area contributed by atoms with E-state index in [4.69, 9.17) is 34.0 Å². The van der Waals surface area contributed by atoms with Gasteiger partial charge in [0.25, 0.3) is 0 Å². The molecule has 0 aliphatic carbocycles. The van der Waals surface area contributed by atoms with Gasteiger partial charge in [0.1, 0.15) is 22.9 Å². The second kappa shape index (κ2) is 12.9. The number of ether oxygens (including phenoxy) is 3. The van der Waals surface area contributed by atoms with Crippen LogP contribution in [0.3, 0.4) is 0 Å². The minimum atomic E-state index is -1.82. The third kappa shape index (κ3) is 7.27. The standard InChI is InChI=1S/C21H27N3O4.C2H2O4/c1-26-17-8-5-4-7-16(17)24-13-11-23(12-14-24)15-20(25)22-21-18(27-2)9-6-10-19(21)28-3;3-1(4)2(5)6/h4-10H,11-15H2,1-3H3,(H,22,25);(H,3,4)(H,5,6). The average Bonchev–Trinajstić information content (AvgIpc) is 2.84. The summed E-state index contributed by atoms with van der Waals surface area (Å²) in [6, 6.07) is 13.4. The number of hydrogen-bond acceptors (Lipinski definition) is 8. The molecule has 0 saturated carbocycles. The number of rotatable bonds is 7. The maximum absolute atomic E-state index is 12.6. The number of methoxy groups -OCH3 is 3. The highest BCUT2D eigenvalue weighted by molar-refractivity contribution is 6.27. The molecule has 1 saturated heterocycles. The summed E-state index contributed by atoms with van der Waals surface area (Å²) in [5.74, 6) is -1.71. The first-order valence-electron chi connectivity index (χ1n) is 10.4. The zero-order chi connectivity index (χ0) is 25.1. The van der Waals surface area contributed by atoms with Crippen LogP contribution in [0.1, 0.15) is 0 Å². The number of nitrogens with one attached hydrogen (secondary N) is 1. The Bertz CT molecular complexity index is 956. The lowest BCUT2D eigenvalue weighted by molar-refractivity contribution is -0.159.